The van der Waals surface area contributed by atoms with Crippen molar-refractivity contribution >= 4 is 0 Å². The summed E-state index contributed by atoms with van der Waals surface area (Å²) >= 11 is 0. The van der Waals surface area contributed by atoms with Gasteiger partial charge in [0.2, 0.25) is 0 Å². The molecule has 0 fully saturated rings. The molecule has 0 saturated carbocycles. The van der Waals surface area contributed by atoms with Crippen molar-refractivity contribution in [2.75, 3.05) is 0 Å². The number of halogens is 2. The van der Waals surface area contributed by atoms with Crippen LogP contribution in [0.5, 0.6) is 0 Å². The van der Waals surface area contributed by atoms with Gasteiger partial charge in [-0.2, -0.15) is 0 Å². The third kappa shape index (κ3) is 1.92. The Kier molecular flexibility index (Phi) is 2.77. The number of aromatic nitrogens is 1. The number of alkyl halides is 2. The molecule has 0 bridgehead atoms. The van der Waals surface area contributed by atoms with E-state index in [0.29, 0.717) is 5.69 Å². The summed E-state index contributed by atoms with van der Waals surface area (Å²) in [5.74, 6) is 0. The van der Waals surface area contributed by atoms with Gasteiger partial charge in [0.05, 0.1) is 5.56 Å². The van der Waals surface area contributed by atoms with Gasteiger partial charge in [0.15, 0.2) is 5.43 Å². The topological polar surface area (TPSA) is 58.9 Å². The van der Waals surface area contributed by atoms with Crippen LogP contribution in [0.1, 0.15) is 23.4 Å². The molecule has 0 aliphatic carbocycles. The Labute approximate surface area is 73.6 Å². The highest BCUT2D eigenvalue weighted by Gasteiger charge is 2.15. The fraction of sp³-hybridized carbons (Fsp3) is 0.375. The number of nitrogens with one attached hydrogen (secondary N) is 1. The predicted octanol–water partition coefficient (Wildman–Crippen LogP) is 1.08. The summed E-state index contributed by atoms with van der Waals surface area (Å²) in [6, 6.07) is 1.11. The van der Waals surface area contributed by atoms with Crippen LogP contribution in [0, 0.1) is 6.92 Å². The number of hydrogen-bond donors (Lipinski definition) is 2. The molecule has 0 spiro atoms. The Bertz CT molecular complexity index is 360. The molecule has 1 heterocycles. The van der Waals surface area contributed by atoms with E-state index in [1.165, 1.54) is 6.92 Å². The van der Waals surface area contributed by atoms with Crippen LogP contribution in [-0.2, 0) is 6.54 Å². The summed E-state index contributed by atoms with van der Waals surface area (Å²) in [5, 5.41) is 0. The molecule has 0 radical (unpaired) electrons. The van der Waals surface area contributed by atoms with Crippen LogP contribution >= 0.6 is 0 Å². The number of H-pyrrole nitrogens is 1. The second-order valence-electron chi connectivity index (χ2n) is 2.70. The molecule has 0 aromatic carbocycles. The highest BCUT2D eigenvalue weighted by atomic mass is 19.3. The minimum atomic E-state index is -2.74. The molecule has 0 atom stereocenters. The monoisotopic (exact) mass is 188 g/mol. The van der Waals surface area contributed by atoms with E-state index in [2.05, 4.69) is 4.98 Å². The number of rotatable bonds is 2. The SMILES string of the molecule is Cc1[nH]c(CN)cc(=O)c1C(F)F. The van der Waals surface area contributed by atoms with Gasteiger partial charge in [-0.15, -0.1) is 0 Å². The molecule has 1 rings (SSSR count). The highest BCUT2D eigenvalue weighted by Crippen LogP contribution is 2.17. The van der Waals surface area contributed by atoms with Crippen molar-refractivity contribution in [3.05, 3.63) is 33.2 Å². The normalized spacial score (nSPS) is 10.8. The molecular formula is C8H10F2N2O. The minimum Gasteiger partial charge on any atom is -0.361 e. The van der Waals surface area contributed by atoms with Crippen molar-refractivity contribution in [3.63, 3.8) is 0 Å². The van der Waals surface area contributed by atoms with Crippen molar-refractivity contribution < 1.29 is 8.78 Å². The van der Waals surface area contributed by atoms with Crippen LogP contribution < -0.4 is 11.2 Å². The molecule has 1 aromatic heterocycles. The maximum absolute atomic E-state index is 12.3. The summed E-state index contributed by atoms with van der Waals surface area (Å²) in [6.07, 6.45) is -2.74. The van der Waals surface area contributed by atoms with E-state index >= 15 is 0 Å². The lowest BCUT2D eigenvalue weighted by molar-refractivity contribution is 0.149. The van der Waals surface area contributed by atoms with Gasteiger partial charge in [-0.05, 0) is 6.92 Å². The molecule has 1 aromatic rings. The van der Waals surface area contributed by atoms with Crippen LogP contribution in [0.25, 0.3) is 0 Å². The fourth-order valence-corrected chi connectivity index (χ4v) is 1.15. The standard InChI is InChI=1S/C8H10F2N2O/c1-4-7(8(9)10)6(13)2-5(3-11)12-4/h2,8H,3,11H2,1H3,(H,12,13). The molecule has 3 nitrogen and oxygen atoms in total. The van der Waals surface area contributed by atoms with E-state index < -0.39 is 17.4 Å². The Hall–Kier alpha value is -1.23. The van der Waals surface area contributed by atoms with Crippen molar-refractivity contribution in [3.8, 4) is 0 Å². The molecule has 72 valence electrons. The maximum atomic E-state index is 12.3. The lowest BCUT2D eigenvalue weighted by atomic mass is 10.2. The van der Waals surface area contributed by atoms with Crippen LogP contribution in [-0.4, -0.2) is 4.98 Å². The third-order valence-corrected chi connectivity index (χ3v) is 1.76. The average Bonchev–Trinajstić information content (AvgIpc) is 2.02. The lowest BCUT2D eigenvalue weighted by Crippen LogP contribution is -2.15. The number of hydrogen-bond acceptors (Lipinski definition) is 2. The summed E-state index contributed by atoms with van der Waals surface area (Å²) in [7, 11) is 0. The van der Waals surface area contributed by atoms with Gasteiger partial charge < -0.3 is 10.7 Å². The Morgan fingerprint density at radius 3 is 2.62 bits per heavy atom. The number of nitrogens with two attached hydrogens (primary N) is 1. The largest absolute Gasteiger partial charge is 0.361 e. The van der Waals surface area contributed by atoms with Crippen molar-refractivity contribution in [2.45, 2.75) is 19.9 Å². The number of aromatic amines is 1. The summed E-state index contributed by atoms with van der Waals surface area (Å²) in [6.45, 7) is 1.57. The average molecular weight is 188 g/mol. The van der Waals surface area contributed by atoms with Gasteiger partial charge in [-0.25, -0.2) is 8.78 Å². The molecule has 0 amide bonds. The highest BCUT2D eigenvalue weighted by molar-refractivity contribution is 5.23. The minimum absolute atomic E-state index is 0.138. The van der Waals surface area contributed by atoms with E-state index in [-0.39, 0.29) is 12.2 Å². The first kappa shape index (κ1) is 9.85. The fourth-order valence-electron chi connectivity index (χ4n) is 1.15. The first-order chi connectivity index (χ1) is 6.06. The Balaban J connectivity index is 3.32. The Morgan fingerprint density at radius 1 is 1.62 bits per heavy atom. The van der Waals surface area contributed by atoms with Crippen LogP contribution in [0.2, 0.25) is 0 Å². The quantitative estimate of drug-likeness (QED) is 0.729. The van der Waals surface area contributed by atoms with Gasteiger partial charge in [-0.1, -0.05) is 0 Å². The van der Waals surface area contributed by atoms with Gasteiger partial charge in [-0.3, -0.25) is 4.79 Å². The van der Waals surface area contributed by atoms with Gasteiger partial charge in [0, 0.05) is 24.0 Å². The first-order valence-corrected chi connectivity index (χ1v) is 3.77. The lowest BCUT2D eigenvalue weighted by Gasteiger charge is -2.05. The van der Waals surface area contributed by atoms with E-state index in [9.17, 15) is 13.6 Å². The molecule has 3 N–H and O–H groups in total. The number of pyridine rings is 1. The summed E-state index contributed by atoms with van der Waals surface area (Å²) in [5.41, 5.74) is 4.77. The van der Waals surface area contributed by atoms with Crippen molar-refractivity contribution in [2.24, 2.45) is 5.73 Å². The van der Waals surface area contributed by atoms with E-state index in [1.54, 1.807) is 0 Å². The zero-order valence-corrected chi connectivity index (χ0v) is 7.10. The number of aryl methyl sites for hydroxylation is 1. The van der Waals surface area contributed by atoms with E-state index in [1.807, 2.05) is 0 Å². The molecule has 0 aliphatic heterocycles. The maximum Gasteiger partial charge on any atom is 0.269 e. The molecule has 13 heavy (non-hydrogen) atoms. The van der Waals surface area contributed by atoms with Crippen LogP contribution in [0.15, 0.2) is 10.9 Å². The third-order valence-electron chi connectivity index (χ3n) is 1.76. The second kappa shape index (κ2) is 3.66. The predicted molar refractivity (Wildman–Crippen MR) is 44.6 cm³/mol. The zero-order valence-electron chi connectivity index (χ0n) is 7.10. The first-order valence-electron chi connectivity index (χ1n) is 3.77. The van der Waals surface area contributed by atoms with E-state index in [0.717, 1.165) is 6.07 Å². The smallest absolute Gasteiger partial charge is 0.269 e. The summed E-state index contributed by atoms with van der Waals surface area (Å²) in [4.78, 5) is 13.7. The van der Waals surface area contributed by atoms with Crippen molar-refractivity contribution in [1.29, 1.82) is 0 Å². The van der Waals surface area contributed by atoms with E-state index in [4.69, 9.17) is 5.73 Å². The molecular weight excluding hydrogens is 178 g/mol. The summed E-state index contributed by atoms with van der Waals surface area (Å²) < 4.78 is 24.5. The molecule has 5 heteroatoms. The molecule has 0 aliphatic rings. The molecule has 0 saturated heterocycles. The van der Waals surface area contributed by atoms with Crippen LogP contribution in [0.4, 0.5) is 8.78 Å². The van der Waals surface area contributed by atoms with Gasteiger partial charge >= 0.3 is 0 Å². The Morgan fingerprint density at radius 2 is 2.23 bits per heavy atom. The molecule has 0 unspecified atom stereocenters. The second-order valence-corrected chi connectivity index (χ2v) is 2.70. The van der Waals surface area contributed by atoms with Crippen molar-refractivity contribution in [1.82, 2.24) is 4.98 Å². The van der Waals surface area contributed by atoms with Gasteiger partial charge in [0.25, 0.3) is 6.43 Å². The van der Waals surface area contributed by atoms with Crippen LogP contribution in [0.3, 0.4) is 0 Å². The zero-order chi connectivity index (χ0) is 10.0. The van der Waals surface area contributed by atoms with Gasteiger partial charge in [0.1, 0.15) is 0 Å².